The van der Waals surface area contributed by atoms with Crippen LogP contribution in [0.2, 0.25) is 0 Å². The zero-order valence-electron chi connectivity index (χ0n) is 19.8. The van der Waals surface area contributed by atoms with E-state index in [9.17, 15) is 18.0 Å². The number of anilines is 2. The van der Waals surface area contributed by atoms with Crippen molar-refractivity contribution in [2.24, 2.45) is 4.40 Å². The SMILES string of the molecule is CC(=O)Nc1ccc(NC2=C/C(=N/S(=O)(=O)c3cc(C)c(C)cc3C)c3ccccc3C2=O)cc1. The second-order valence-electron chi connectivity index (χ2n) is 8.47. The van der Waals surface area contributed by atoms with Crippen LogP contribution in [0, 0.1) is 20.8 Å². The van der Waals surface area contributed by atoms with Gasteiger partial charge in [0.2, 0.25) is 11.7 Å². The number of Topliss-reactive ketones (excluding diaryl/α,β-unsaturated/α-hetero) is 1. The molecule has 35 heavy (non-hydrogen) atoms. The van der Waals surface area contributed by atoms with Gasteiger partial charge >= 0.3 is 0 Å². The highest BCUT2D eigenvalue weighted by Crippen LogP contribution is 2.27. The summed E-state index contributed by atoms with van der Waals surface area (Å²) >= 11 is 0. The first-order chi connectivity index (χ1) is 16.5. The third-order valence-corrected chi connectivity index (χ3v) is 7.18. The lowest BCUT2D eigenvalue weighted by molar-refractivity contribution is -0.114. The smallest absolute Gasteiger partial charge is 0.283 e. The number of hydrogen-bond acceptors (Lipinski definition) is 5. The van der Waals surface area contributed by atoms with Gasteiger partial charge in [-0.25, -0.2) is 0 Å². The lowest BCUT2D eigenvalue weighted by atomic mass is 9.92. The molecule has 1 aliphatic carbocycles. The van der Waals surface area contributed by atoms with Gasteiger partial charge in [0.25, 0.3) is 10.0 Å². The maximum Gasteiger partial charge on any atom is 0.283 e. The first kappa shape index (κ1) is 24.1. The number of aryl methyl sites for hydroxylation is 3. The summed E-state index contributed by atoms with van der Waals surface area (Å²) in [5.74, 6) is -0.459. The second-order valence-corrected chi connectivity index (χ2v) is 10.0. The highest BCUT2D eigenvalue weighted by Gasteiger charge is 2.27. The topological polar surface area (TPSA) is 105 Å². The van der Waals surface area contributed by atoms with Crippen LogP contribution in [0.3, 0.4) is 0 Å². The Labute approximate surface area is 204 Å². The molecular weight excluding hydrogens is 462 g/mol. The largest absolute Gasteiger partial charge is 0.352 e. The van der Waals surface area contributed by atoms with Gasteiger partial charge in [-0.2, -0.15) is 12.8 Å². The molecule has 0 saturated heterocycles. The fourth-order valence-corrected chi connectivity index (χ4v) is 5.18. The molecule has 0 saturated carbocycles. The molecule has 0 aromatic heterocycles. The van der Waals surface area contributed by atoms with Crippen LogP contribution in [0.25, 0.3) is 0 Å². The summed E-state index contributed by atoms with van der Waals surface area (Å²) in [6, 6.07) is 17.1. The number of hydrogen-bond donors (Lipinski definition) is 2. The molecule has 0 atom stereocenters. The molecule has 0 fully saturated rings. The number of rotatable bonds is 5. The molecule has 0 bridgehead atoms. The first-order valence-corrected chi connectivity index (χ1v) is 12.4. The number of nitrogens with one attached hydrogen (secondary N) is 2. The fraction of sp³-hybridized carbons (Fsp3) is 0.148. The molecule has 1 amide bonds. The van der Waals surface area contributed by atoms with E-state index in [2.05, 4.69) is 15.0 Å². The Morgan fingerprint density at radius 1 is 0.829 bits per heavy atom. The van der Waals surface area contributed by atoms with Crippen molar-refractivity contribution in [3.05, 3.63) is 100 Å². The lowest BCUT2D eigenvalue weighted by Crippen LogP contribution is -2.22. The number of benzene rings is 3. The van der Waals surface area contributed by atoms with Crippen molar-refractivity contribution in [2.45, 2.75) is 32.6 Å². The molecule has 0 radical (unpaired) electrons. The Morgan fingerprint density at radius 2 is 1.43 bits per heavy atom. The van der Waals surface area contributed by atoms with E-state index in [0.717, 1.165) is 11.1 Å². The van der Waals surface area contributed by atoms with Crippen LogP contribution < -0.4 is 10.6 Å². The third kappa shape index (κ3) is 5.07. The number of carbonyl (C=O) groups excluding carboxylic acids is 2. The summed E-state index contributed by atoms with van der Waals surface area (Å²) < 4.78 is 30.8. The average Bonchev–Trinajstić information content (AvgIpc) is 2.80. The number of amides is 1. The Bertz CT molecular complexity index is 1520. The minimum atomic E-state index is -4.04. The average molecular weight is 488 g/mol. The lowest BCUT2D eigenvalue weighted by Gasteiger charge is -2.19. The number of carbonyl (C=O) groups is 2. The van der Waals surface area contributed by atoms with Crippen molar-refractivity contribution in [2.75, 3.05) is 10.6 Å². The van der Waals surface area contributed by atoms with Crippen molar-refractivity contribution in [1.29, 1.82) is 0 Å². The maximum absolute atomic E-state index is 13.3. The fourth-order valence-electron chi connectivity index (χ4n) is 3.88. The van der Waals surface area contributed by atoms with Crippen LogP contribution in [-0.2, 0) is 14.8 Å². The van der Waals surface area contributed by atoms with Gasteiger partial charge in [0.05, 0.1) is 16.3 Å². The number of sulfonamides is 1. The van der Waals surface area contributed by atoms with Crippen molar-refractivity contribution < 1.29 is 18.0 Å². The molecule has 0 aliphatic heterocycles. The van der Waals surface area contributed by atoms with E-state index >= 15 is 0 Å². The zero-order chi connectivity index (χ0) is 25.3. The van der Waals surface area contributed by atoms with Gasteiger partial charge in [0.15, 0.2) is 0 Å². The normalized spacial score (nSPS) is 14.3. The summed E-state index contributed by atoms with van der Waals surface area (Å²) in [5.41, 5.74) is 4.87. The number of allylic oxidation sites excluding steroid dienone is 2. The van der Waals surface area contributed by atoms with Gasteiger partial charge in [-0.1, -0.05) is 30.3 Å². The van der Waals surface area contributed by atoms with Crippen LogP contribution in [-0.4, -0.2) is 25.8 Å². The number of ketones is 1. The van der Waals surface area contributed by atoms with Crippen LogP contribution in [0.4, 0.5) is 11.4 Å². The molecule has 2 N–H and O–H groups in total. The van der Waals surface area contributed by atoms with E-state index in [1.54, 1.807) is 61.5 Å². The molecule has 0 spiro atoms. The second kappa shape index (κ2) is 9.31. The Hall–Kier alpha value is -4.04. The monoisotopic (exact) mass is 487 g/mol. The van der Waals surface area contributed by atoms with Crippen molar-refractivity contribution in [3.63, 3.8) is 0 Å². The molecule has 0 unspecified atom stereocenters. The van der Waals surface area contributed by atoms with Gasteiger partial charge < -0.3 is 10.6 Å². The molecule has 3 aromatic carbocycles. The van der Waals surface area contributed by atoms with Gasteiger partial charge in [0.1, 0.15) is 0 Å². The molecule has 8 heteroatoms. The maximum atomic E-state index is 13.3. The molecular formula is C27H25N3O4S. The standard InChI is InChI=1S/C27H25N3O4S/c1-16-13-18(3)26(14-17(16)2)35(33,34)30-24-15-25(27(32)23-8-6-5-7-22(23)24)29-21-11-9-20(10-12-21)28-19(4)31/h5-15,29H,1-4H3,(H,28,31)/b30-24-. The van der Waals surface area contributed by atoms with Gasteiger partial charge in [-0.05, 0) is 73.9 Å². The highest BCUT2D eigenvalue weighted by atomic mass is 32.2. The summed E-state index contributed by atoms with van der Waals surface area (Å²) in [6.07, 6.45) is 1.46. The molecule has 3 aromatic rings. The Balaban J connectivity index is 1.76. The summed E-state index contributed by atoms with van der Waals surface area (Å²) in [4.78, 5) is 24.5. The predicted octanol–water partition coefficient (Wildman–Crippen LogP) is 4.94. The van der Waals surface area contributed by atoms with Gasteiger partial charge in [-0.3, -0.25) is 9.59 Å². The van der Waals surface area contributed by atoms with Crippen molar-refractivity contribution in [1.82, 2.24) is 0 Å². The summed E-state index contributed by atoms with van der Waals surface area (Å²) in [7, 11) is -4.04. The predicted molar refractivity (Wildman–Crippen MR) is 138 cm³/mol. The van der Waals surface area contributed by atoms with Crippen LogP contribution in [0.1, 0.15) is 39.5 Å². The number of nitrogens with zero attached hydrogens (tertiary/aromatic N) is 1. The molecule has 1 aliphatic rings. The van der Waals surface area contributed by atoms with Gasteiger partial charge in [0, 0.05) is 29.4 Å². The Morgan fingerprint density at radius 3 is 2.09 bits per heavy atom. The summed E-state index contributed by atoms with van der Waals surface area (Å²) in [5, 5.41) is 5.74. The van der Waals surface area contributed by atoms with Crippen LogP contribution >= 0.6 is 0 Å². The molecule has 0 heterocycles. The minimum absolute atomic E-state index is 0.138. The van der Waals surface area contributed by atoms with E-state index in [1.165, 1.54) is 13.0 Å². The van der Waals surface area contributed by atoms with Crippen molar-refractivity contribution >= 4 is 38.8 Å². The quantitative estimate of drug-likeness (QED) is 0.530. The van der Waals surface area contributed by atoms with Crippen molar-refractivity contribution in [3.8, 4) is 0 Å². The van der Waals surface area contributed by atoms with E-state index in [0.29, 0.717) is 28.1 Å². The molecule has 178 valence electrons. The molecule has 4 rings (SSSR count). The van der Waals surface area contributed by atoms with Gasteiger partial charge in [-0.15, -0.1) is 0 Å². The third-order valence-electron chi connectivity index (χ3n) is 5.75. The van der Waals surface area contributed by atoms with E-state index < -0.39 is 10.0 Å². The Kier molecular flexibility index (Phi) is 6.41. The van der Waals surface area contributed by atoms with Crippen LogP contribution in [0.15, 0.2) is 81.7 Å². The van der Waals surface area contributed by atoms with E-state index in [4.69, 9.17) is 0 Å². The number of fused-ring (bicyclic) bond motifs is 1. The van der Waals surface area contributed by atoms with E-state index in [1.807, 2.05) is 19.9 Å². The first-order valence-electron chi connectivity index (χ1n) is 11.0. The van der Waals surface area contributed by atoms with E-state index in [-0.39, 0.29) is 28.0 Å². The summed E-state index contributed by atoms with van der Waals surface area (Å²) in [6.45, 7) is 6.94. The highest BCUT2D eigenvalue weighted by molar-refractivity contribution is 7.90. The minimum Gasteiger partial charge on any atom is -0.352 e. The zero-order valence-corrected chi connectivity index (χ0v) is 20.7. The molecule has 7 nitrogen and oxygen atoms in total. The van der Waals surface area contributed by atoms with Crippen LogP contribution in [0.5, 0.6) is 0 Å².